The fraction of sp³-hybridized carbons (Fsp3) is 0.773. The number of carboxylic acid groups (broad SMARTS) is 1. The molecule has 1 fully saturated rings. The molecule has 0 bridgehead atoms. The third kappa shape index (κ3) is 8.90. The van der Waals surface area contributed by atoms with Crippen LogP contribution in [0.2, 0.25) is 0 Å². The Bertz CT molecular complexity index is 733. The van der Waals surface area contributed by atoms with Crippen molar-refractivity contribution in [3.05, 3.63) is 0 Å². The Kier molecular flexibility index (Phi) is 12.5. The van der Waals surface area contributed by atoms with Gasteiger partial charge < -0.3 is 37.8 Å². The Morgan fingerprint density at radius 3 is 2.35 bits per heavy atom. The molecule has 1 rings (SSSR count). The molecule has 0 aromatic heterocycles. The summed E-state index contributed by atoms with van der Waals surface area (Å²) in [7, 11) is 0. The largest absolute Gasteiger partial charge is 0.480 e. The van der Waals surface area contributed by atoms with Gasteiger partial charge in [0.1, 0.15) is 18.1 Å². The number of nitrogens with zero attached hydrogens (tertiary/aromatic N) is 1. The summed E-state index contributed by atoms with van der Waals surface area (Å²) in [6.07, 6.45) is 3.07. The predicted molar refractivity (Wildman–Crippen MR) is 125 cm³/mol. The first kappa shape index (κ1) is 29.3. The lowest BCUT2D eigenvalue weighted by Gasteiger charge is -2.32. The Labute approximate surface area is 200 Å². The Hall–Kier alpha value is -2.73. The van der Waals surface area contributed by atoms with E-state index in [1.165, 1.54) is 4.90 Å². The zero-order valence-electron chi connectivity index (χ0n) is 20.1. The van der Waals surface area contributed by atoms with Gasteiger partial charge in [0, 0.05) is 13.0 Å². The maximum atomic E-state index is 13.4. The van der Waals surface area contributed by atoms with E-state index in [1.807, 2.05) is 13.8 Å². The molecule has 12 heteroatoms. The van der Waals surface area contributed by atoms with Crippen molar-refractivity contribution in [3.8, 4) is 0 Å². The molecule has 194 valence electrons. The lowest BCUT2D eigenvalue weighted by molar-refractivity contribution is -0.145. The zero-order valence-corrected chi connectivity index (χ0v) is 20.1. The first-order valence-electron chi connectivity index (χ1n) is 11.9. The molecule has 5 atom stereocenters. The number of primary amides is 1. The van der Waals surface area contributed by atoms with E-state index in [0.717, 1.165) is 6.42 Å². The van der Waals surface area contributed by atoms with Crippen molar-refractivity contribution in [1.82, 2.24) is 15.5 Å². The summed E-state index contributed by atoms with van der Waals surface area (Å²) < 4.78 is 0. The molecule has 0 aromatic carbocycles. The molecule has 4 amide bonds. The van der Waals surface area contributed by atoms with Crippen LogP contribution >= 0.6 is 0 Å². The van der Waals surface area contributed by atoms with Gasteiger partial charge in [0.05, 0.1) is 6.04 Å². The van der Waals surface area contributed by atoms with Gasteiger partial charge in [-0.25, -0.2) is 4.79 Å². The second-order valence-corrected chi connectivity index (χ2v) is 8.86. The Balaban J connectivity index is 2.91. The number of carbonyl (C=O) groups is 5. The van der Waals surface area contributed by atoms with Crippen LogP contribution in [0, 0.1) is 5.92 Å². The summed E-state index contributed by atoms with van der Waals surface area (Å²) >= 11 is 0. The van der Waals surface area contributed by atoms with Crippen molar-refractivity contribution in [1.29, 1.82) is 0 Å². The van der Waals surface area contributed by atoms with E-state index in [0.29, 0.717) is 45.2 Å². The highest BCUT2D eigenvalue weighted by atomic mass is 16.4. The molecule has 12 nitrogen and oxygen atoms in total. The van der Waals surface area contributed by atoms with Gasteiger partial charge in [-0.15, -0.1) is 0 Å². The van der Waals surface area contributed by atoms with Crippen LogP contribution in [-0.2, 0) is 24.0 Å². The Morgan fingerprint density at radius 2 is 1.79 bits per heavy atom. The number of aliphatic carboxylic acids is 1. The fourth-order valence-corrected chi connectivity index (χ4v) is 3.88. The van der Waals surface area contributed by atoms with E-state index in [2.05, 4.69) is 10.6 Å². The van der Waals surface area contributed by atoms with Gasteiger partial charge in [0.15, 0.2) is 0 Å². The number of rotatable bonds is 15. The highest BCUT2D eigenvalue weighted by molar-refractivity contribution is 5.94. The molecule has 9 N–H and O–H groups in total. The summed E-state index contributed by atoms with van der Waals surface area (Å²) in [6.45, 7) is 4.54. The van der Waals surface area contributed by atoms with Crippen LogP contribution in [-0.4, -0.2) is 76.9 Å². The number of carboxylic acids is 1. The molecule has 1 saturated heterocycles. The van der Waals surface area contributed by atoms with Crippen LogP contribution in [0.1, 0.15) is 65.2 Å². The molecule has 5 unspecified atom stereocenters. The zero-order chi connectivity index (χ0) is 25.8. The van der Waals surface area contributed by atoms with E-state index >= 15 is 0 Å². The predicted octanol–water partition coefficient (Wildman–Crippen LogP) is -1.20. The van der Waals surface area contributed by atoms with Gasteiger partial charge in [-0.1, -0.05) is 26.7 Å². The number of nitrogens with two attached hydrogens (primary N) is 3. The SMILES string of the molecule is CCC(C)C(NC(=O)C(N)CCCCN)C(=O)N1CCCC1C(=O)NC(CCC(N)=O)C(=O)O. The standard InChI is InChI=1S/C22H40N6O6/c1-3-13(2)18(27-19(30)14(24)7-4-5-11-23)21(32)28-12-6-8-16(28)20(31)26-15(22(33)34)9-10-17(25)29/h13-16,18H,3-12,23-24H2,1-2H3,(H2,25,29)(H,26,31)(H,27,30)(H,33,34). The average Bonchev–Trinajstić information content (AvgIpc) is 3.28. The molecular weight excluding hydrogens is 444 g/mol. The third-order valence-electron chi connectivity index (χ3n) is 6.22. The van der Waals surface area contributed by atoms with Gasteiger partial charge in [-0.2, -0.15) is 0 Å². The first-order valence-corrected chi connectivity index (χ1v) is 11.9. The minimum Gasteiger partial charge on any atom is -0.480 e. The maximum absolute atomic E-state index is 13.4. The molecule has 0 aliphatic carbocycles. The van der Waals surface area contributed by atoms with E-state index in [4.69, 9.17) is 17.2 Å². The molecule has 0 spiro atoms. The smallest absolute Gasteiger partial charge is 0.326 e. The van der Waals surface area contributed by atoms with Crippen LogP contribution in [0.4, 0.5) is 0 Å². The Morgan fingerprint density at radius 1 is 1.12 bits per heavy atom. The quantitative estimate of drug-likeness (QED) is 0.155. The van der Waals surface area contributed by atoms with Gasteiger partial charge >= 0.3 is 5.97 Å². The molecule has 34 heavy (non-hydrogen) atoms. The van der Waals surface area contributed by atoms with Crippen molar-refractivity contribution >= 4 is 29.6 Å². The minimum absolute atomic E-state index is 0.148. The summed E-state index contributed by atoms with van der Waals surface area (Å²) in [5.74, 6) is -3.63. The monoisotopic (exact) mass is 484 g/mol. The minimum atomic E-state index is -1.30. The van der Waals surface area contributed by atoms with Crippen molar-refractivity contribution in [2.75, 3.05) is 13.1 Å². The van der Waals surface area contributed by atoms with Gasteiger partial charge in [0.25, 0.3) is 0 Å². The number of amides is 4. The van der Waals surface area contributed by atoms with Gasteiger partial charge in [-0.05, 0) is 44.6 Å². The van der Waals surface area contributed by atoms with Crippen LogP contribution in [0.25, 0.3) is 0 Å². The normalized spacial score (nSPS) is 19.1. The second-order valence-electron chi connectivity index (χ2n) is 8.86. The number of unbranched alkanes of at least 4 members (excludes halogenated alkanes) is 1. The van der Waals surface area contributed by atoms with E-state index in [1.54, 1.807) is 0 Å². The molecular formula is C22H40N6O6. The second kappa shape index (κ2) is 14.5. The van der Waals surface area contributed by atoms with E-state index in [-0.39, 0.29) is 18.8 Å². The van der Waals surface area contributed by atoms with Crippen molar-refractivity contribution < 1.29 is 29.1 Å². The number of carbonyl (C=O) groups excluding carboxylic acids is 4. The van der Waals surface area contributed by atoms with E-state index < -0.39 is 53.8 Å². The van der Waals surface area contributed by atoms with Crippen LogP contribution in [0.3, 0.4) is 0 Å². The third-order valence-corrected chi connectivity index (χ3v) is 6.22. The van der Waals surface area contributed by atoms with Crippen LogP contribution < -0.4 is 27.8 Å². The molecule has 0 saturated carbocycles. The van der Waals surface area contributed by atoms with Gasteiger partial charge in [-0.3, -0.25) is 19.2 Å². The summed E-state index contributed by atoms with van der Waals surface area (Å²) in [5, 5.41) is 14.5. The summed E-state index contributed by atoms with van der Waals surface area (Å²) in [4.78, 5) is 62.8. The lowest BCUT2D eigenvalue weighted by atomic mass is 9.96. The van der Waals surface area contributed by atoms with Crippen LogP contribution in [0.5, 0.6) is 0 Å². The van der Waals surface area contributed by atoms with Crippen molar-refractivity contribution in [2.24, 2.45) is 23.1 Å². The topological polar surface area (TPSA) is 211 Å². The average molecular weight is 485 g/mol. The number of hydrogen-bond donors (Lipinski definition) is 6. The maximum Gasteiger partial charge on any atom is 0.326 e. The molecule has 0 aromatic rings. The fourth-order valence-electron chi connectivity index (χ4n) is 3.88. The highest BCUT2D eigenvalue weighted by Gasteiger charge is 2.40. The first-order chi connectivity index (χ1) is 16.0. The molecule has 1 aliphatic heterocycles. The number of nitrogens with one attached hydrogen (secondary N) is 2. The van der Waals surface area contributed by atoms with E-state index in [9.17, 15) is 29.1 Å². The molecule has 0 radical (unpaired) electrons. The van der Waals surface area contributed by atoms with Gasteiger partial charge in [0.2, 0.25) is 23.6 Å². The van der Waals surface area contributed by atoms with Crippen molar-refractivity contribution in [3.63, 3.8) is 0 Å². The number of hydrogen-bond acceptors (Lipinski definition) is 7. The molecule has 1 aliphatic rings. The van der Waals surface area contributed by atoms with Crippen LogP contribution in [0.15, 0.2) is 0 Å². The summed E-state index contributed by atoms with van der Waals surface area (Å²) in [6, 6.07) is -3.81. The highest BCUT2D eigenvalue weighted by Crippen LogP contribution is 2.22. The number of likely N-dealkylation sites (tertiary alicyclic amines) is 1. The molecule has 1 heterocycles. The van der Waals surface area contributed by atoms with Crippen molar-refractivity contribution in [2.45, 2.75) is 89.4 Å². The lowest BCUT2D eigenvalue weighted by Crippen LogP contribution is -2.58. The summed E-state index contributed by atoms with van der Waals surface area (Å²) in [5.41, 5.74) is 16.5.